The summed E-state index contributed by atoms with van der Waals surface area (Å²) in [6, 6.07) is 0. The van der Waals surface area contributed by atoms with Crippen LogP contribution in [0.3, 0.4) is 0 Å². The monoisotopic (exact) mass is 258 g/mol. The number of hydrogen-bond acceptors (Lipinski definition) is 3. The quantitative estimate of drug-likeness (QED) is 0.508. The first kappa shape index (κ1) is 12.5. The Labute approximate surface area is 94.2 Å². The second-order valence-corrected chi connectivity index (χ2v) is 21.6. The SMILES string of the molecule is CC(C)(C)C1C[SH](C)(C)(C)SSS1. The van der Waals surface area contributed by atoms with Gasteiger partial charge in [0.15, 0.2) is 0 Å². The van der Waals surface area contributed by atoms with Crippen molar-refractivity contribution in [2.24, 2.45) is 5.41 Å². The van der Waals surface area contributed by atoms with Crippen molar-refractivity contribution in [3.63, 3.8) is 0 Å². The molecule has 1 fully saturated rings. The lowest BCUT2D eigenvalue weighted by atomic mass is 9.93. The molecule has 0 aromatic carbocycles. The minimum Gasteiger partial charge on any atom is -0.243 e. The molecule has 0 nitrogen and oxygen atoms in total. The summed E-state index contributed by atoms with van der Waals surface area (Å²) in [6.45, 7) is 7.11. The van der Waals surface area contributed by atoms with Gasteiger partial charge >= 0.3 is 0 Å². The summed E-state index contributed by atoms with van der Waals surface area (Å²) in [5.74, 6) is 1.43. The third-order valence-corrected chi connectivity index (χ3v) is 17.0. The average Bonchev–Trinajstić information content (AvgIpc) is 1.80. The van der Waals surface area contributed by atoms with Crippen LogP contribution in [0, 0.1) is 5.41 Å². The summed E-state index contributed by atoms with van der Waals surface area (Å²) in [6.07, 6.45) is 7.51. The minimum atomic E-state index is -1.37. The zero-order valence-electron chi connectivity index (χ0n) is 9.46. The molecule has 1 aliphatic rings. The molecule has 13 heavy (non-hydrogen) atoms. The van der Waals surface area contributed by atoms with Gasteiger partial charge in [-0.25, -0.2) is 8.19 Å². The first-order valence-electron chi connectivity index (χ1n) is 4.61. The van der Waals surface area contributed by atoms with Crippen molar-refractivity contribution in [2.75, 3.05) is 24.5 Å². The van der Waals surface area contributed by atoms with E-state index in [2.05, 4.69) is 60.2 Å². The van der Waals surface area contributed by atoms with Gasteiger partial charge in [-0.1, -0.05) is 41.4 Å². The number of hydrogen-bond donors (Lipinski definition) is 1. The molecular formula is C9H22S4. The highest BCUT2D eigenvalue weighted by molar-refractivity contribution is 9.36. The van der Waals surface area contributed by atoms with Gasteiger partial charge in [0.1, 0.15) is 0 Å². The maximum Gasteiger partial charge on any atom is 0.0277 e. The molecule has 0 aromatic rings. The fraction of sp³-hybridized carbons (Fsp3) is 1.00. The second-order valence-electron chi connectivity index (χ2n) is 6.24. The minimum absolute atomic E-state index is 0.462. The molecule has 1 aliphatic heterocycles. The largest absolute Gasteiger partial charge is 0.243 e. The van der Waals surface area contributed by atoms with E-state index in [0.717, 1.165) is 5.25 Å². The van der Waals surface area contributed by atoms with Gasteiger partial charge in [-0.3, -0.25) is 0 Å². The Bertz CT molecular complexity index is 196. The van der Waals surface area contributed by atoms with E-state index in [-0.39, 0.29) is 0 Å². The molecule has 1 atom stereocenters. The van der Waals surface area contributed by atoms with Crippen LogP contribution in [0.1, 0.15) is 20.8 Å². The summed E-state index contributed by atoms with van der Waals surface area (Å²) < 4.78 is 0. The normalized spacial score (nSPS) is 36.2. The average molecular weight is 259 g/mol. The molecule has 0 amide bonds. The van der Waals surface area contributed by atoms with E-state index in [1.807, 2.05) is 9.83 Å². The smallest absolute Gasteiger partial charge is 0.0277 e. The highest BCUT2D eigenvalue weighted by Gasteiger charge is 2.39. The molecule has 1 saturated heterocycles. The fourth-order valence-electron chi connectivity index (χ4n) is 1.22. The highest BCUT2D eigenvalue weighted by atomic mass is 33.7. The van der Waals surface area contributed by atoms with Crippen LogP contribution in [0.2, 0.25) is 0 Å². The molecule has 4 heteroatoms. The summed E-state index contributed by atoms with van der Waals surface area (Å²) in [5.41, 5.74) is 0.462. The lowest BCUT2D eigenvalue weighted by molar-refractivity contribution is 0.415. The van der Waals surface area contributed by atoms with Crippen LogP contribution in [0.15, 0.2) is 0 Å². The van der Waals surface area contributed by atoms with Crippen molar-refractivity contribution >= 4 is 38.6 Å². The van der Waals surface area contributed by atoms with Gasteiger partial charge in [-0.15, -0.1) is 0 Å². The third-order valence-electron chi connectivity index (χ3n) is 2.22. The van der Waals surface area contributed by atoms with Crippen molar-refractivity contribution in [1.29, 1.82) is 0 Å². The standard InChI is InChI=1S/C9H22S4/c1-9(2,3)8-7-13(4,5,6)12-11-10-8/h8,13H,7H2,1-6H3. The lowest BCUT2D eigenvalue weighted by Crippen LogP contribution is -2.33. The fourth-order valence-corrected chi connectivity index (χ4v) is 19.6. The van der Waals surface area contributed by atoms with Crippen LogP contribution >= 0.6 is 38.6 Å². The van der Waals surface area contributed by atoms with Gasteiger partial charge in [-0.05, 0) is 39.8 Å². The molecule has 82 valence electrons. The Morgan fingerprint density at radius 3 is 2.00 bits per heavy atom. The summed E-state index contributed by atoms with van der Waals surface area (Å²) >= 11 is 0. The van der Waals surface area contributed by atoms with Crippen LogP contribution in [-0.4, -0.2) is 29.8 Å². The number of rotatable bonds is 0. The van der Waals surface area contributed by atoms with Gasteiger partial charge in [0.2, 0.25) is 0 Å². The Morgan fingerprint density at radius 2 is 1.69 bits per heavy atom. The van der Waals surface area contributed by atoms with E-state index in [1.54, 1.807) is 0 Å². The molecular weight excluding hydrogens is 236 g/mol. The van der Waals surface area contributed by atoms with Crippen molar-refractivity contribution < 1.29 is 0 Å². The predicted octanol–water partition coefficient (Wildman–Crippen LogP) is 4.32. The maximum absolute atomic E-state index is 2.50. The molecule has 1 heterocycles. The van der Waals surface area contributed by atoms with Gasteiger partial charge < -0.3 is 0 Å². The van der Waals surface area contributed by atoms with Crippen LogP contribution < -0.4 is 0 Å². The summed E-state index contributed by atoms with van der Waals surface area (Å²) in [4.78, 5) is 0. The van der Waals surface area contributed by atoms with Gasteiger partial charge in [0.05, 0.1) is 0 Å². The van der Waals surface area contributed by atoms with Gasteiger partial charge in [0, 0.05) is 5.25 Å². The van der Waals surface area contributed by atoms with E-state index < -0.39 is 8.19 Å². The number of thiol groups is 1. The topological polar surface area (TPSA) is 0 Å². The predicted molar refractivity (Wildman–Crippen MR) is 77.6 cm³/mol. The molecule has 0 radical (unpaired) electrons. The molecule has 1 unspecified atom stereocenters. The highest BCUT2D eigenvalue weighted by Crippen LogP contribution is 2.81. The van der Waals surface area contributed by atoms with Crippen molar-refractivity contribution in [3.05, 3.63) is 0 Å². The molecule has 0 spiro atoms. The maximum atomic E-state index is 2.50. The zero-order valence-corrected chi connectivity index (χ0v) is 12.8. The van der Waals surface area contributed by atoms with Gasteiger partial charge in [-0.2, -0.15) is 0 Å². The van der Waals surface area contributed by atoms with Crippen LogP contribution in [0.25, 0.3) is 0 Å². The second kappa shape index (κ2) is 3.46. The Kier molecular flexibility index (Phi) is 3.32. The first-order chi connectivity index (χ1) is 5.58. The zero-order chi connectivity index (χ0) is 10.4. The van der Waals surface area contributed by atoms with Crippen LogP contribution in [0.5, 0.6) is 0 Å². The van der Waals surface area contributed by atoms with E-state index in [1.165, 1.54) is 5.75 Å². The van der Waals surface area contributed by atoms with Crippen molar-refractivity contribution in [2.45, 2.75) is 26.0 Å². The third kappa shape index (κ3) is 3.80. The van der Waals surface area contributed by atoms with Crippen molar-refractivity contribution in [1.82, 2.24) is 0 Å². The first-order valence-corrected chi connectivity index (χ1v) is 12.5. The van der Waals surface area contributed by atoms with E-state index in [9.17, 15) is 0 Å². The molecule has 0 N–H and O–H groups in total. The molecule has 0 saturated carbocycles. The van der Waals surface area contributed by atoms with Crippen LogP contribution in [0.4, 0.5) is 0 Å². The molecule has 0 bridgehead atoms. The van der Waals surface area contributed by atoms with E-state index in [0.29, 0.717) is 5.41 Å². The molecule has 0 aliphatic carbocycles. The summed E-state index contributed by atoms with van der Waals surface area (Å²) in [7, 11) is 4.90. The van der Waals surface area contributed by atoms with Crippen LogP contribution in [-0.2, 0) is 0 Å². The van der Waals surface area contributed by atoms with E-state index >= 15 is 0 Å². The van der Waals surface area contributed by atoms with E-state index in [4.69, 9.17) is 0 Å². The van der Waals surface area contributed by atoms with Gasteiger partial charge in [0.25, 0.3) is 0 Å². The Hall–Kier alpha value is 1.40. The lowest BCUT2D eigenvalue weighted by Gasteiger charge is -2.56. The Balaban J connectivity index is 2.74. The molecule has 0 aromatic heterocycles. The van der Waals surface area contributed by atoms with Crippen molar-refractivity contribution in [3.8, 4) is 0 Å². The summed E-state index contributed by atoms with van der Waals surface area (Å²) in [5, 5.41) is 0.830. The molecule has 1 rings (SSSR count). The Morgan fingerprint density at radius 1 is 1.15 bits per heavy atom.